The molecule has 0 bridgehead atoms. The highest BCUT2D eigenvalue weighted by Crippen LogP contribution is 2.36. The van der Waals surface area contributed by atoms with Crippen molar-refractivity contribution in [2.24, 2.45) is 0 Å². The molecule has 4 rings (SSSR count). The molecule has 0 atom stereocenters. The Labute approximate surface area is 148 Å². The Morgan fingerprint density at radius 3 is 2.74 bits per heavy atom. The number of H-pyrrole nitrogens is 1. The highest BCUT2D eigenvalue weighted by molar-refractivity contribution is 9.10. The second-order valence-corrected chi connectivity index (χ2v) is 7.21. The topological polar surface area (TPSA) is 44.8 Å². The minimum atomic E-state index is 0.567. The maximum atomic E-state index is 6.34. The molecule has 3 aromatic rings. The van der Waals surface area contributed by atoms with E-state index < -0.39 is 0 Å². The van der Waals surface area contributed by atoms with Gasteiger partial charge in [0.25, 0.3) is 0 Å². The molecule has 1 saturated heterocycles. The molecule has 2 aromatic heterocycles. The molecule has 1 N–H and O–H groups in total. The fraction of sp³-hybridized carbons (Fsp3) is 0.294. The van der Waals surface area contributed by atoms with Gasteiger partial charge in [0.15, 0.2) is 0 Å². The zero-order chi connectivity index (χ0) is 15.8. The van der Waals surface area contributed by atoms with Crippen LogP contribution < -0.4 is 4.90 Å². The first kappa shape index (κ1) is 15.0. The highest BCUT2D eigenvalue weighted by atomic mass is 79.9. The Kier molecular flexibility index (Phi) is 3.99. The predicted octanol–water partition coefficient (Wildman–Crippen LogP) is 4.76. The number of hydrogen-bond acceptors (Lipinski definition) is 3. The summed E-state index contributed by atoms with van der Waals surface area (Å²) in [6.07, 6.45) is 5.91. The fourth-order valence-electron chi connectivity index (χ4n) is 3.37. The van der Waals surface area contributed by atoms with Crippen LogP contribution in [0, 0.1) is 0 Å². The lowest BCUT2D eigenvalue weighted by atomic mass is 9.93. The Morgan fingerprint density at radius 1 is 1.17 bits per heavy atom. The normalized spacial score (nSPS) is 16.2. The number of aromatic amines is 1. The summed E-state index contributed by atoms with van der Waals surface area (Å²) in [6, 6.07) is 8.16. The van der Waals surface area contributed by atoms with Crippen LogP contribution in [0.1, 0.15) is 24.5 Å². The molecule has 6 heteroatoms. The first-order valence-corrected chi connectivity index (χ1v) is 8.87. The lowest BCUT2D eigenvalue weighted by Gasteiger charge is -2.33. The smallest absolute Gasteiger partial charge is 0.0909 e. The predicted molar refractivity (Wildman–Crippen MR) is 97.2 cm³/mol. The van der Waals surface area contributed by atoms with Gasteiger partial charge in [-0.3, -0.25) is 10.1 Å². The van der Waals surface area contributed by atoms with Crippen molar-refractivity contribution < 1.29 is 0 Å². The Hall–Kier alpha value is -1.59. The van der Waals surface area contributed by atoms with Crippen LogP contribution in [-0.4, -0.2) is 28.3 Å². The first-order valence-electron chi connectivity index (χ1n) is 7.70. The number of rotatable bonds is 2. The number of aromatic nitrogens is 3. The Balaban J connectivity index is 1.63. The third-order valence-electron chi connectivity index (χ3n) is 4.54. The third kappa shape index (κ3) is 2.83. The lowest BCUT2D eigenvalue weighted by molar-refractivity contribution is 0.496. The summed E-state index contributed by atoms with van der Waals surface area (Å²) >= 11 is 9.88. The van der Waals surface area contributed by atoms with Crippen LogP contribution in [-0.2, 0) is 0 Å². The molecule has 0 unspecified atom stereocenters. The molecule has 3 heterocycles. The Bertz CT molecular complexity index is 826. The SMILES string of the molecule is Clc1cc(Br)cc2c(N3CCC(c4ccn[nH]4)CC3)ccnc12. The van der Waals surface area contributed by atoms with Crippen LogP contribution >= 0.6 is 27.5 Å². The number of hydrogen-bond donors (Lipinski definition) is 1. The van der Waals surface area contributed by atoms with Crippen LogP contribution in [0.25, 0.3) is 10.9 Å². The fourth-order valence-corrected chi connectivity index (χ4v) is 4.22. The molecule has 23 heavy (non-hydrogen) atoms. The van der Waals surface area contributed by atoms with Gasteiger partial charge in [-0.25, -0.2) is 0 Å². The molecule has 1 aliphatic rings. The second kappa shape index (κ2) is 6.13. The standard InChI is InChI=1S/C17H16BrClN4/c18-12-9-13-16(2-5-20-17(13)14(19)10-12)23-7-3-11(4-8-23)15-1-6-21-22-15/h1-2,5-6,9-11H,3-4,7-8H2,(H,21,22). The number of nitrogens with zero attached hydrogens (tertiary/aromatic N) is 3. The molecule has 1 aliphatic heterocycles. The summed E-state index contributed by atoms with van der Waals surface area (Å²) in [6.45, 7) is 2.04. The quantitative estimate of drug-likeness (QED) is 0.685. The molecule has 1 fully saturated rings. The minimum absolute atomic E-state index is 0.567. The van der Waals surface area contributed by atoms with Gasteiger partial charge in [-0.15, -0.1) is 0 Å². The zero-order valence-electron chi connectivity index (χ0n) is 12.5. The van der Waals surface area contributed by atoms with E-state index in [1.807, 2.05) is 18.5 Å². The molecule has 1 aromatic carbocycles. The van der Waals surface area contributed by atoms with Crippen molar-refractivity contribution in [2.45, 2.75) is 18.8 Å². The molecule has 0 aliphatic carbocycles. The number of halogens is 2. The largest absolute Gasteiger partial charge is 0.371 e. The van der Waals surface area contributed by atoms with Crippen molar-refractivity contribution in [3.8, 4) is 0 Å². The third-order valence-corrected chi connectivity index (χ3v) is 5.28. The molecule has 118 valence electrons. The summed E-state index contributed by atoms with van der Waals surface area (Å²) in [7, 11) is 0. The van der Waals surface area contributed by atoms with Crippen molar-refractivity contribution >= 4 is 44.1 Å². The second-order valence-electron chi connectivity index (χ2n) is 5.89. The van der Waals surface area contributed by atoms with E-state index in [-0.39, 0.29) is 0 Å². The number of fused-ring (bicyclic) bond motifs is 1. The van der Waals surface area contributed by atoms with Crippen LogP contribution in [0.15, 0.2) is 41.1 Å². The number of piperidine rings is 1. The van der Waals surface area contributed by atoms with E-state index in [4.69, 9.17) is 11.6 Å². The minimum Gasteiger partial charge on any atom is -0.371 e. The van der Waals surface area contributed by atoms with E-state index in [9.17, 15) is 0 Å². The van der Waals surface area contributed by atoms with Gasteiger partial charge in [0, 0.05) is 52.6 Å². The van der Waals surface area contributed by atoms with Gasteiger partial charge >= 0.3 is 0 Å². The molecular formula is C17H16BrClN4. The van der Waals surface area contributed by atoms with E-state index in [0.717, 1.165) is 41.3 Å². The van der Waals surface area contributed by atoms with Crippen LogP contribution in [0.2, 0.25) is 5.02 Å². The summed E-state index contributed by atoms with van der Waals surface area (Å²) < 4.78 is 0.983. The molecule has 0 saturated carbocycles. The zero-order valence-corrected chi connectivity index (χ0v) is 14.8. The van der Waals surface area contributed by atoms with Gasteiger partial charge in [0.05, 0.1) is 10.5 Å². The van der Waals surface area contributed by atoms with E-state index in [1.54, 1.807) is 0 Å². The van der Waals surface area contributed by atoms with Crippen molar-refractivity contribution in [3.05, 3.63) is 51.8 Å². The van der Waals surface area contributed by atoms with E-state index in [2.05, 4.69) is 54.2 Å². The molecule has 0 radical (unpaired) electrons. The maximum absolute atomic E-state index is 6.34. The van der Waals surface area contributed by atoms with Crippen molar-refractivity contribution in [1.29, 1.82) is 0 Å². The number of benzene rings is 1. The van der Waals surface area contributed by atoms with Crippen molar-refractivity contribution in [3.63, 3.8) is 0 Å². The van der Waals surface area contributed by atoms with Gasteiger partial charge in [-0.2, -0.15) is 5.10 Å². The van der Waals surface area contributed by atoms with Gasteiger partial charge in [-0.1, -0.05) is 27.5 Å². The average molecular weight is 392 g/mol. The molecule has 4 nitrogen and oxygen atoms in total. The first-order chi connectivity index (χ1) is 11.2. The molecular weight excluding hydrogens is 376 g/mol. The van der Waals surface area contributed by atoms with Crippen LogP contribution in [0.3, 0.4) is 0 Å². The van der Waals surface area contributed by atoms with Gasteiger partial charge in [0.1, 0.15) is 0 Å². The summed E-state index contributed by atoms with van der Waals surface area (Å²) in [5.74, 6) is 0.567. The number of anilines is 1. The summed E-state index contributed by atoms with van der Waals surface area (Å²) in [4.78, 5) is 6.87. The van der Waals surface area contributed by atoms with E-state index in [0.29, 0.717) is 10.9 Å². The highest BCUT2D eigenvalue weighted by Gasteiger charge is 2.23. The molecule has 0 spiro atoms. The van der Waals surface area contributed by atoms with E-state index >= 15 is 0 Å². The number of nitrogens with one attached hydrogen (secondary N) is 1. The van der Waals surface area contributed by atoms with Gasteiger partial charge < -0.3 is 4.90 Å². The summed E-state index contributed by atoms with van der Waals surface area (Å²) in [5.41, 5.74) is 3.32. The van der Waals surface area contributed by atoms with Crippen molar-refractivity contribution in [1.82, 2.24) is 15.2 Å². The molecule has 0 amide bonds. The van der Waals surface area contributed by atoms with Gasteiger partial charge in [0.2, 0.25) is 0 Å². The summed E-state index contributed by atoms with van der Waals surface area (Å²) in [5, 5.41) is 8.96. The lowest BCUT2D eigenvalue weighted by Crippen LogP contribution is -2.33. The monoisotopic (exact) mass is 390 g/mol. The van der Waals surface area contributed by atoms with Crippen molar-refractivity contribution in [2.75, 3.05) is 18.0 Å². The van der Waals surface area contributed by atoms with Crippen LogP contribution in [0.5, 0.6) is 0 Å². The van der Waals surface area contributed by atoms with E-state index in [1.165, 1.54) is 11.4 Å². The number of pyridine rings is 1. The van der Waals surface area contributed by atoms with Crippen LogP contribution in [0.4, 0.5) is 5.69 Å². The maximum Gasteiger partial charge on any atom is 0.0909 e. The average Bonchev–Trinajstić information content (AvgIpc) is 3.09. The van der Waals surface area contributed by atoms with Gasteiger partial charge in [-0.05, 0) is 37.1 Å². The Morgan fingerprint density at radius 2 is 2.00 bits per heavy atom.